The van der Waals surface area contributed by atoms with Crippen LogP contribution in [0.5, 0.6) is 11.5 Å². The van der Waals surface area contributed by atoms with E-state index >= 15 is 0 Å². The molecule has 7 heteroatoms. The maximum Gasteiger partial charge on any atom is 0.204 e. The highest BCUT2D eigenvalue weighted by Crippen LogP contribution is 2.37. The molecule has 0 heterocycles. The Morgan fingerprint density at radius 3 is 1.00 bits per heavy atom. The van der Waals surface area contributed by atoms with Gasteiger partial charge in [-0.2, -0.15) is 8.78 Å². The van der Waals surface area contributed by atoms with Crippen molar-refractivity contribution in [1.82, 2.24) is 0 Å². The molecule has 0 spiro atoms. The van der Waals surface area contributed by atoms with E-state index in [9.17, 15) is 26.3 Å². The maximum atomic E-state index is 14.1. The van der Waals surface area contributed by atoms with E-state index in [0.29, 0.717) is 0 Å². The first kappa shape index (κ1) is 17.2. The van der Waals surface area contributed by atoms with Crippen molar-refractivity contribution >= 4 is 0 Å². The van der Waals surface area contributed by atoms with Crippen LogP contribution in [0.3, 0.4) is 0 Å². The predicted molar refractivity (Wildman–Crippen MR) is 71.7 cm³/mol. The van der Waals surface area contributed by atoms with Crippen molar-refractivity contribution in [3.05, 3.63) is 57.2 Å². The lowest BCUT2D eigenvalue weighted by atomic mass is 10.1. The molecule has 0 bridgehead atoms. The van der Waals surface area contributed by atoms with Crippen LogP contribution in [0.25, 0.3) is 0 Å². The van der Waals surface area contributed by atoms with Gasteiger partial charge in [-0.25, -0.2) is 17.6 Å². The molecular weight excluding hydrogens is 322 g/mol. The van der Waals surface area contributed by atoms with Crippen LogP contribution in [-0.4, -0.2) is 0 Å². The normalized spacial score (nSPS) is 11.0. The Kier molecular flexibility index (Phi) is 4.32. The second-order valence-electron chi connectivity index (χ2n) is 5.14. The minimum Gasteiger partial charge on any atom is -0.445 e. The zero-order valence-electron chi connectivity index (χ0n) is 12.7. The van der Waals surface area contributed by atoms with Gasteiger partial charge in [-0.05, 0) is 49.9 Å². The van der Waals surface area contributed by atoms with Gasteiger partial charge in [0, 0.05) is 0 Å². The van der Waals surface area contributed by atoms with Crippen molar-refractivity contribution < 1.29 is 31.1 Å². The monoisotopic (exact) mass is 334 g/mol. The Labute approximate surface area is 128 Å². The van der Waals surface area contributed by atoms with E-state index in [1.807, 2.05) is 0 Å². The molecule has 0 aliphatic rings. The van der Waals surface area contributed by atoms with E-state index in [2.05, 4.69) is 4.74 Å². The van der Waals surface area contributed by atoms with Crippen LogP contribution in [0, 0.1) is 62.6 Å². The van der Waals surface area contributed by atoms with Crippen LogP contribution < -0.4 is 4.74 Å². The average Bonchev–Trinajstić information content (AvgIpc) is 2.54. The summed E-state index contributed by atoms with van der Waals surface area (Å²) in [5, 5.41) is 0. The van der Waals surface area contributed by atoms with Gasteiger partial charge in [0.25, 0.3) is 0 Å². The molecule has 0 aliphatic carbocycles. The Hall–Kier alpha value is -2.18. The highest BCUT2D eigenvalue weighted by Gasteiger charge is 2.27. The number of halogens is 6. The van der Waals surface area contributed by atoms with Crippen molar-refractivity contribution in [2.24, 2.45) is 0 Å². The first-order chi connectivity index (χ1) is 10.6. The Balaban J connectivity index is 2.71. The molecule has 0 unspecified atom stereocenters. The van der Waals surface area contributed by atoms with Crippen LogP contribution >= 0.6 is 0 Å². The number of hydrogen-bond acceptors (Lipinski definition) is 1. The third-order valence-corrected chi connectivity index (χ3v) is 3.83. The summed E-state index contributed by atoms with van der Waals surface area (Å²) in [6.45, 7) is 4.57. The molecule has 0 saturated carbocycles. The Morgan fingerprint density at radius 1 is 0.435 bits per heavy atom. The molecule has 0 aromatic heterocycles. The van der Waals surface area contributed by atoms with Gasteiger partial charge in [0.2, 0.25) is 23.1 Å². The van der Waals surface area contributed by atoms with Crippen LogP contribution in [0.15, 0.2) is 0 Å². The maximum absolute atomic E-state index is 14.1. The summed E-state index contributed by atoms with van der Waals surface area (Å²) in [6.07, 6.45) is 0. The standard InChI is InChI=1S/C16H12F6O/c1-5-7(3)11(19)15(13(21)9(5)17)23-16-12(20)8(4)6(2)10(18)14(16)22/h1-4H3. The van der Waals surface area contributed by atoms with E-state index < -0.39 is 46.4 Å². The molecule has 2 aromatic rings. The molecule has 1 nitrogen and oxygen atoms in total. The highest BCUT2D eigenvalue weighted by atomic mass is 19.2. The fourth-order valence-corrected chi connectivity index (χ4v) is 2.00. The summed E-state index contributed by atoms with van der Waals surface area (Å²) in [7, 11) is 0. The average molecular weight is 334 g/mol. The second kappa shape index (κ2) is 5.79. The lowest BCUT2D eigenvalue weighted by Gasteiger charge is -2.15. The molecule has 0 fully saturated rings. The number of ether oxygens (including phenoxy) is 1. The van der Waals surface area contributed by atoms with E-state index in [0.717, 1.165) is 27.7 Å². The van der Waals surface area contributed by atoms with Crippen LogP contribution in [-0.2, 0) is 0 Å². The highest BCUT2D eigenvalue weighted by molar-refractivity contribution is 5.45. The quantitative estimate of drug-likeness (QED) is 0.517. The van der Waals surface area contributed by atoms with Crippen molar-refractivity contribution in [2.45, 2.75) is 27.7 Å². The molecule has 2 rings (SSSR count). The van der Waals surface area contributed by atoms with Crippen molar-refractivity contribution in [1.29, 1.82) is 0 Å². The van der Waals surface area contributed by atoms with Gasteiger partial charge < -0.3 is 4.74 Å². The van der Waals surface area contributed by atoms with Crippen molar-refractivity contribution in [3.8, 4) is 11.5 Å². The molecule has 23 heavy (non-hydrogen) atoms. The molecule has 0 aliphatic heterocycles. The molecule has 0 amide bonds. The van der Waals surface area contributed by atoms with Crippen molar-refractivity contribution in [2.75, 3.05) is 0 Å². The molecule has 0 saturated heterocycles. The molecule has 0 atom stereocenters. The zero-order valence-corrected chi connectivity index (χ0v) is 12.7. The lowest BCUT2D eigenvalue weighted by molar-refractivity contribution is 0.340. The predicted octanol–water partition coefficient (Wildman–Crippen LogP) is 5.55. The molecular formula is C16H12F6O. The van der Waals surface area contributed by atoms with Gasteiger partial charge >= 0.3 is 0 Å². The minimum absolute atomic E-state index is 0.288. The van der Waals surface area contributed by atoms with E-state index in [1.165, 1.54) is 0 Å². The molecule has 0 radical (unpaired) electrons. The summed E-state index contributed by atoms with van der Waals surface area (Å²) in [5.74, 6) is -11.6. The first-order valence-electron chi connectivity index (χ1n) is 6.54. The topological polar surface area (TPSA) is 9.23 Å². The van der Waals surface area contributed by atoms with Gasteiger partial charge in [-0.3, -0.25) is 0 Å². The third-order valence-electron chi connectivity index (χ3n) is 3.83. The minimum atomic E-state index is -1.75. The van der Waals surface area contributed by atoms with Crippen LogP contribution in [0.1, 0.15) is 22.3 Å². The fourth-order valence-electron chi connectivity index (χ4n) is 2.00. The van der Waals surface area contributed by atoms with Gasteiger partial charge in [-0.15, -0.1) is 0 Å². The number of rotatable bonds is 2. The fraction of sp³-hybridized carbons (Fsp3) is 0.250. The van der Waals surface area contributed by atoms with Crippen LogP contribution in [0.4, 0.5) is 26.3 Å². The lowest BCUT2D eigenvalue weighted by Crippen LogP contribution is -2.07. The van der Waals surface area contributed by atoms with Crippen molar-refractivity contribution in [3.63, 3.8) is 0 Å². The third kappa shape index (κ3) is 2.54. The first-order valence-corrected chi connectivity index (χ1v) is 6.54. The summed E-state index contributed by atoms with van der Waals surface area (Å²) in [6, 6.07) is 0. The van der Waals surface area contributed by atoms with Gasteiger partial charge in [0.15, 0.2) is 23.3 Å². The van der Waals surface area contributed by atoms with E-state index in [1.54, 1.807) is 0 Å². The summed E-state index contributed by atoms with van der Waals surface area (Å²) < 4.78 is 87.7. The Bertz CT molecular complexity index is 688. The summed E-state index contributed by atoms with van der Waals surface area (Å²) in [5.41, 5.74) is -1.19. The molecule has 2 aromatic carbocycles. The Morgan fingerprint density at radius 2 is 0.696 bits per heavy atom. The summed E-state index contributed by atoms with van der Waals surface area (Å²) >= 11 is 0. The number of benzene rings is 2. The number of hydrogen-bond donors (Lipinski definition) is 0. The molecule has 124 valence electrons. The van der Waals surface area contributed by atoms with E-state index in [4.69, 9.17) is 0 Å². The van der Waals surface area contributed by atoms with Gasteiger partial charge in [0.1, 0.15) is 0 Å². The van der Waals surface area contributed by atoms with Gasteiger partial charge in [-0.1, -0.05) is 0 Å². The van der Waals surface area contributed by atoms with E-state index in [-0.39, 0.29) is 22.3 Å². The second-order valence-corrected chi connectivity index (χ2v) is 5.14. The van der Waals surface area contributed by atoms with Crippen LogP contribution in [0.2, 0.25) is 0 Å². The molecule has 0 N–H and O–H groups in total. The smallest absolute Gasteiger partial charge is 0.204 e. The summed E-state index contributed by atoms with van der Waals surface area (Å²) in [4.78, 5) is 0. The van der Waals surface area contributed by atoms with Gasteiger partial charge in [0.05, 0.1) is 0 Å². The largest absolute Gasteiger partial charge is 0.445 e. The zero-order chi connectivity index (χ0) is 17.6. The SMILES string of the molecule is Cc1c(C)c(F)c(Oc2c(F)c(C)c(C)c(F)c2F)c(F)c1F.